The predicted molar refractivity (Wildman–Crippen MR) is 72.7 cm³/mol. The first kappa shape index (κ1) is 13.9. The van der Waals surface area contributed by atoms with Crippen molar-refractivity contribution in [3.63, 3.8) is 0 Å². The van der Waals surface area contributed by atoms with Crippen LogP contribution in [-0.2, 0) is 13.0 Å². The number of benzene rings is 1. The molecule has 0 spiro atoms. The second-order valence-corrected chi connectivity index (χ2v) is 4.42. The molecule has 0 aliphatic heterocycles. The van der Waals surface area contributed by atoms with Gasteiger partial charge in [0, 0.05) is 17.2 Å². The van der Waals surface area contributed by atoms with E-state index < -0.39 is 5.91 Å². The lowest BCUT2D eigenvalue weighted by molar-refractivity contribution is 0.0997. The third-order valence-corrected chi connectivity index (χ3v) is 2.97. The number of carbonyl (C=O) groups is 1. The molecule has 6 nitrogen and oxygen atoms in total. The van der Waals surface area contributed by atoms with Crippen LogP contribution in [0, 0.1) is 0 Å². The molecule has 1 aromatic heterocycles. The summed E-state index contributed by atoms with van der Waals surface area (Å²) in [6, 6.07) is 6.99. The predicted octanol–water partition coefficient (Wildman–Crippen LogP) is 1.75. The van der Waals surface area contributed by atoms with Gasteiger partial charge in [0.05, 0.1) is 6.20 Å². The summed E-state index contributed by atoms with van der Waals surface area (Å²) in [5, 5.41) is 12.8. The van der Waals surface area contributed by atoms with Crippen molar-refractivity contribution in [1.29, 1.82) is 0 Å². The van der Waals surface area contributed by atoms with Gasteiger partial charge in [-0.3, -0.25) is 4.79 Å². The van der Waals surface area contributed by atoms with Gasteiger partial charge in [-0.25, -0.2) is 0 Å². The van der Waals surface area contributed by atoms with Gasteiger partial charge in [0.15, 0.2) is 0 Å². The Labute approximate surface area is 116 Å². The Hall–Kier alpha value is -2.50. The SMILES string of the molecule is CCCc1cccc(C(N)=O)c1COc1ccn(O)n1. The first-order chi connectivity index (χ1) is 9.61. The second-order valence-electron chi connectivity index (χ2n) is 4.42. The standard InChI is InChI=1S/C14H17N3O3/c1-2-4-10-5-3-6-11(14(15)18)12(10)9-20-13-7-8-17(19)16-13/h3,5-8,19H,2,4,9H2,1H3,(H2,15,18). The smallest absolute Gasteiger partial charge is 0.249 e. The van der Waals surface area contributed by atoms with E-state index in [1.165, 1.54) is 12.3 Å². The maximum Gasteiger partial charge on any atom is 0.249 e. The minimum absolute atomic E-state index is 0.186. The van der Waals surface area contributed by atoms with E-state index in [-0.39, 0.29) is 12.5 Å². The highest BCUT2D eigenvalue weighted by atomic mass is 16.5. The summed E-state index contributed by atoms with van der Waals surface area (Å²) < 4.78 is 5.49. The van der Waals surface area contributed by atoms with E-state index in [0.717, 1.165) is 24.0 Å². The minimum atomic E-state index is -0.478. The molecule has 106 valence electrons. The van der Waals surface area contributed by atoms with Crippen LogP contribution in [0.4, 0.5) is 0 Å². The molecule has 0 radical (unpaired) electrons. The summed E-state index contributed by atoms with van der Waals surface area (Å²) in [5.74, 6) is -0.191. The Morgan fingerprint density at radius 1 is 1.45 bits per heavy atom. The van der Waals surface area contributed by atoms with Crippen molar-refractivity contribution in [3.8, 4) is 5.88 Å². The molecule has 0 bridgehead atoms. The summed E-state index contributed by atoms with van der Waals surface area (Å²) in [6.07, 6.45) is 3.16. The highest BCUT2D eigenvalue weighted by Gasteiger charge is 2.13. The molecule has 1 aromatic carbocycles. The van der Waals surface area contributed by atoms with Crippen LogP contribution in [0.1, 0.15) is 34.8 Å². The van der Waals surface area contributed by atoms with Crippen LogP contribution in [0.15, 0.2) is 30.5 Å². The van der Waals surface area contributed by atoms with Gasteiger partial charge >= 0.3 is 0 Å². The molecule has 1 heterocycles. The molecular formula is C14H17N3O3. The average Bonchev–Trinajstić information content (AvgIpc) is 2.83. The lowest BCUT2D eigenvalue weighted by Gasteiger charge is -2.12. The van der Waals surface area contributed by atoms with E-state index in [0.29, 0.717) is 10.4 Å². The molecule has 2 rings (SSSR count). The number of hydrogen-bond acceptors (Lipinski definition) is 4. The Morgan fingerprint density at radius 3 is 2.85 bits per heavy atom. The minimum Gasteiger partial charge on any atom is -0.472 e. The monoisotopic (exact) mass is 275 g/mol. The fraction of sp³-hybridized carbons (Fsp3) is 0.286. The van der Waals surface area contributed by atoms with E-state index in [9.17, 15) is 4.79 Å². The summed E-state index contributed by atoms with van der Waals surface area (Å²) >= 11 is 0. The average molecular weight is 275 g/mol. The van der Waals surface area contributed by atoms with Crippen LogP contribution in [-0.4, -0.2) is 21.1 Å². The summed E-state index contributed by atoms with van der Waals surface area (Å²) in [7, 11) is 0. The van der Waals surface area contributed by atoms with E-state index >= 15 is 0 Å². The molecule has 0 aliphatic rings. The molecule has 0 unspecified atom stereocenters. The molecule has 1 amide bonds. The highest BCUT2D eigenvalue weighted by molar-refractivity contribution is 5.94. The normalized spacial score (nSPS) is 10.4. The number of aromatic nitrogens is 2. The molecule has 3 N–H and O–H groups in total. The molecule has 0 saturated heterocycles. The van der Waals surface area contributed by atoms with Gasteiger partial charge < -0.3 is 15.7 Å². The van der Waals surface area contributed by atoms with E-state index in [4.69, 9.17) is 15.7 Å². The van der Waals surface area contributed by atoms with Gasteiger partial charge in [0.2, 0.25) is 11.8 Å². The largest absolute Gasteiger partial charge is 0.472 e. The van der Waals surface area contributed by atoms with Crippen molar-refractivity contribution in [2.45, 2.75) is 26.4 Å². The summed E-state index contributed by atoms with van der Waals surface area (Å²) in [5.41, 5.74) is 7.66. The lowest BCUT2D eigenvalue weighted by atomic mass is 9.98. The fourth-order valence-corrected chi connectivity index (χ4v) is 2.06. The quantitative estimate of drug-likeness (QED) is 0.786. The van der Waals surface area contributed by atoms with Crippen molar-refractivity contribution in [3.05, 3.63) is 47.2 Å². The first-order valence-electron chi connectivity index (χ1n) is 6.40. The van der Waals surface area contributed by atoms with Crippen LogP contribution in [0.25, 0.3) is 0 Å². The van der Waals surface area contributed by atoms with Crippen LogP contribution < -0.4 is 10.5 Å². The number of ether oxygens (including phenoxy) is 1. The third kappa shape index (κ3) is 3.09. The Morgan fingerprint density at radius 2 is 2.25 bits per heavy atom. The first-order valence-corrected chi connectivity index (χ1v) is 6.40. The Balaban J connectivity index is 2.25. The zero-order valence-electron chi connectivity index (χ0n) is 11.2. The van der Waals surface area contributed by atoms with Gasteiger partial charge in [-0.2, -0.15) is 0 Å². The molecule has 0 aliphatic carbocycles. The van der Waals surface area contributed by atoms with Crippen molar-refractivity contribution in [1.82, 2.24) is 9.94 Å². The maximum atomic E-state index is 11.5. The van der Waals surface area contributed by atoms with Crippen molar-refractivity contribution in [2.75, 3.05) is 0 Å². The van der Waals surface area contributed by atoms with Gasteiger partial charge in [-0.1, -0.05) is 30.6 Å². The van der Waals surface area contributed by atoms with Gasteiger partial charge in [-0.05, 0) is 18.1 Å². The number of nitrogens with two attached hydrogens (primary N) is 1. The number of hydrogen-bond donors (Lipinski definition) is 2. The number of aryl methyl sites for hydroxylation is 1. The lowest BCUT2D eigenvalue weighted by Crippen LogP contribution is -2.16. The number of amides is 1. The number of primary amides is 1. The van der Waals surface area contributed by atoms with Crippen molar-refractivity contribution in [2.24, 2.45) is 5.73 Å². The van der Waals surface area contributed by atoms with Crippen LogP contribution in [0.2, 0.25) is 0 Å². The molecule has 6 heteroatoms. The number of carbonyl (C=O) groups excluding carboxylic acids is 1. The molecule has 0 fully saturated rings. The molecular weight excluding hydrogens is 258 g/mol. The Kier molecular flexibility index (Phi) is 4.24. The van der Waals surface area contributed by atoms with Gasteiger partial charge in [-0.15, -0.1) is 4.85 Å². The van der Waals surface area contributed by atoms with Crippen LogP contribution in [0.3, 0.4) is 0 Å². The van der Waals surface area contributed by atoms with E-state index in [1.807, 2.05) is 12.1 Å². The molecule has 2 aromatic rings. The maximum absolute atomic E-state index is 11.5. The van der Waals surface area contributed by atoms with Crippen LogP contribution >= 0.6 is 0 Å². The summed E-state index contributed by atoms with van der Waals surface area (Å²) in [4.78, 5) is 12.2. The van der Waals surface area contributed by atoms with Crippen LogP contribution in [0.5, 0.6) is 5.88 Å². The van der Waals surface area contributed by atoms with Gasteiger partial charge in [0.25, 0.3) is 0 Å². The van der Waals surface area contributed by atoms with Gasteiger partial charge in [0.1, 0.15) is 6.61 Å². The number of nitrogens with zero attached hydrogens (tertiary/aromatic N) is 2. The molecule has 20 heavy (non-hydrogen) atoms. The zero-order chi connectivity index (χ0) is 14.5. The zero-order valence-corrected chi connectivity index (χ0v) is 11.2. The van der Waals surface area contributed by atoms with E-state index in [1.54, 1.807) is 6.07 Å². The summed E-state index contributed by atoms with van der Waals surface area (Å²) in [6.45, 7) is 2.25. The molecule has 0 atom stereocenters. The Bertz CT molecular complexity index is 607. The molecule has 0 saturated carbocycles. The second kappa shape index (κ2) is 6.10. The highest BCUT2D eigenvalue weighted by Crippen LogP contribution is 2.19. The van der Waals surface area contributed by atoms with Crippen molar-refractivity contribution < 1.29 is 14.7 Å². The fourth-order valence-electron chi connectivity index (χ4n) is 2.06. The van der Waals surface area contributed by atoms with Crippen molar-refractivity contribution >= 4 is 5.91 Å². The van der Waals surface area contributed by atoms with E-state index in [2.05, 4.69) is 12.0 Å². The topological polar surface area (TPSA) is 90.4 Å². The number of rotatable bonds is 6. The third-order valence-electron chi connectivity index (χ3n) is 2.97.